The summed E-state index contributed by atoms with van der Waals surface area (Å²) in [6, 6.07) is 7.53. The van der Waals surface area contributed by atoms with E-state index in [-0.39, 0.29) is 42.3 Å². The summed E-state index contributed by atoms with van der Waals surface area (Å²) in [4.78, 5) is 36.3. The molecule has 1 aliphatic heterocycles. The van der Waals surface area contributed by atoms with E-state index in [2.05, 4.69) is 12.2 Å². The maximum Gasteiger partial charge on any atom is 0.310 e. The van der Waals surface area contributed by atoms with Gasteiger partial charge in [0.25, 0.3) is 5.91 Å². The molecule has 4 rings (SSSR count). The molecule has 1 saturated heterocycles. The van der Waals surface area contributed by atoms with Gasteiger partial charge in [0.05, 0.1) is 11.8 Å². The number of hydrogen-bond donors (Lipinski definition) is 1. The van der Waals surface area contributed by atoms with Gasteiger partial charge in [0.2, 0.25) is 0 Å². The summed E-state index contributed by atoms with van der Waals surface area (Å²) in [6.45, 7) is 1.72. The lowest BCUT2D eigenvalue weighted by Crippen LogP contribution is -2.34. The molecule has 132 valence electrons. The average molecular weight is 343 g/mol. The molecular weight excluding hydrogens is 322 g/mol. The van der Waals surface area contributed by atoms with Crippen LogP contribution in [0.5, 0.6) is 0 Å². The third kappa shape index (κ3) is 2.79. The normalized spacial score (nSPS) is 31.7. The first kappa shape index (κ1) is 16.1. The van der Waals surface area contributed by atoms with Crippen molar-refractivity contribution in [2.45, 2.75) is 32.3 Å². The number of anilines is 1. The minimum absolute atomic E-state index is 0.0130. The van der Waals surface area contributed by atoms with Crippen molar-refractivity contribution in [3.8, 4) is 0 Å². The lowest BCUT2D eigenvalue weighted by Gasteiger charge is -2.22. The Morgan fingerprint density at radius 3 is 2.72 bits per heavy atom. The Kier molecular flexibility index (Phi) is 3.98. The molecule has 25 heavy (non-hydrogen) atoms. The van der Waals surface area contributed by atoms with Crippen molar-refractivity contribution in [3.05, 3.63) is 29.8 Å². The van der Waals surface area contributed by atoms with Gasteiger partial charge in [-0.1, -0.05) is 19.1 Å². The van der Waals surface area contributed by atoms with Gasteiger partial charge >= 0.3 is 11.9 Å². The van der Waals surface area contributed by atoms with Crippen molar-refractivity contribution in [2.75, 3.05) is 11.9 Å². The van der Waals surface area contributed by atoms with Crippen LogP contribution in [0.2, 0.25) is 0 Å². The summed E-state index contributed by atoms with van der Waals surface area (Å²) in [5, 5.41) is 2.71. The molecule has 1 amide bonds. The number of rotatable bonds is 5. The van der Waals surface area contributed by atoms with Crippen LogP contribution in [0.15, 0.2) is 24.3 Å². The van der Waals surface area contributed by atoms with Crippen LogP contribution in [0.25, 0.3) is 0 Å². The molecule has 0 unspecified atom stereocenters. The molecule has 3 fully saturated rings. The Balaban J connectivity index is 1.31. The maximum atomic E-state index is 12.4. The summed E-state index contributed by atoms with van der Waals surface area (Å²) in [7, 11) is 0. The van der Waals surface area contributed by atoms with E-state index in [0.29, 0.717) is 5.69 Å². The van der Waals surface area contributed by atoms with Gasteiger partial charge in [-0.05, 0) is 42.9 Å². The molecule has 1 N–H and O–H groups in total. The van der Waals surface area contributed by atoms with E-state index in [1.165, 1.54) is 5.56 Å². The van der Waals surface area contributed by atoms with Gasteiger partial charge in [-0.2, -0.15) is 0 Å². The molecule has 0 spiro atoms. The van der Waals surface area contributed by atoms with E-state index in [4.69, 9.17) is 9.47 Å². The van der Waals surface area contributed by atoms with Crippen molar-refractivity contribution in [1.29, 1.82) is 0 Å². The summed E-state index contributed by atoms with van der Waals surface area (Å²) in [5.41, 5.74) is 1.85. The van der Waals surface area contributed by atoms with Gasteiger partial charge in [0.1, 0.15) is 6.10 Å². The summed E-state index contributed by atoms with van der Waals surface area (Å²) >= 11 is 0. The van der Waals surface area contributed by atoms with E-state index in [1.807, 2.05) is 24.3 Å². The highest BCUT2D eigenvalue weighted by atomic mass is 16.6. The fourth-order valence-corrected chi connectivity index (χ4v) is 4.58. The average Bonchev–Trinajstić information content (AvgIpc) is 3.22. The van der Waals surface area contributed by atoms with Crippen molar-refractivity contribution in [3.63, 3.8) is 0 Å². The van der Waals surface area contributed by atoms with Crippen molar-refractivity contribution < 1.29 is 23.9 Å². The van der Waals surface area contributed by atoms with Crippen molar-refractivity contribution in [1.82, 2.24) is 0 Å². The molecule has 0 radical (unpaired) electrons. The lowest BCUT2D eigenvalue weighted by molar-refractivity contribution is -0.157. The Morgan fingerprint density at radius 1 is 1.24 bits per heavy atom. The minimum atomic E-state index is -0.453. The zero-order valence-corrected chi connectivity index (χ0v) is 14.1. The van der Waals surface area contributed by atoms with Gasteiger partial charge in [0, 0.05) is 11.6 Å². The van der Waals surface area contributed by atoms with Crippen LogP contribution in [0.1, 0.15) is 25.3 Å². The van der Waals surface area contributed by atoms with Crippen LogP contribution in [-0.2, 0) is 30.3 Å². The molecule has 2 saturated carbocycles. The van der Waals surface area contributed by atoms with Gasteiger partial charge in [-0.25, -0.2) is 0 Å². The van der Waals surface area contributed by atoms with Gasteiger partial charge < -0.3 is 14.8 Å². The Bertz CT molecular complexity index is 711. The monoisotopic (exact) mass is 343 g/mol. The van der Waals surface area contributed by atoms with E-state index in [1.54, 1.807) is 0 Å². The minimum Gasteiger partial charge on any atom is -0.462 e. The number of hydrogen-bond acceptors (Lipinski definition) is 5. The number of carbonyl (C=O) groups is 3. The van der Waals surface area contributed by atoms with Crippen LogP contribution in [-0.4, -0.2) is 30.6 Å². The second kappa shape index (κ2) is 6.17. The molecule has 6 nitrogen and oxygen atoms in total. The zero-order valence-electron chi connectivity index (χ0n) is 14.1. The number of nitrogens with one attached hydrogen (secondary N) is 1. The molecule has 0 aromatic heterocycles. The van der Waals surface area contributed by atoms with Crippen LogP contribution < -0.4 is 5.32 Å². The molecule has 1 aromatic rings. The smallest absolute Gasteiger partial charge is 0.310 e. The van der Waals surface area contributed by atoms with Gasteiger partial charge in [-0.3, -0.25) is 14.4 Å². The number of fused-ring (bicyclic) bond motifs is 1. The SMILES string of the molecule is CCc1ccc(NC(=O)COC(=O)[C@@H]2[C@@H]3C[C@@H]4[C@H]2C(=O)O[C@@H]4C3)cc1. The quantitative estimate of drug-likeness (QED) is 0.826. The molecule has 3 aliphatic rings. The molecule has 1 aromatic carbocycles. The second-order valence-electron chi connectivity index (χ2n) is 7.13. The largest absolute Gasteiger partial charge is 0.462 e. The van der Waals surface area contributed by atoms with Gasteiger partial charge in [-0.15, -0.1) is 0 Å². The van der Waals surface area contributed by atoms with Crippen LogP contribution >= 0.6 is 0 Å². The number of esters is 2. The summed E-state index contributed by atoms with van der Waals surface area (Å²) in [5.74, 6) is -1.64. The molecule has 1 heterocycles. The standard InChI is InChI=1S/C19H21NO5/c1-2-10-3-5-12(6-4-10)20-15(21)9-24-18(22)16-11-7-13-14(8-11)25-19(23)17(13)16/h3-6,11,13-14,16-17H,2,7-9H2,1H3,(H,20,21)/t11-,13+,14-,16-,17-/m1/s1. The Labute approximate surface area is 145 Å². The first-order chi connectivity index (χ1) is 12.1. The Morgan fingerprint density at radius 2 is 2.00 bits per heavy atom. The fourth-order valence-electron chi connectivity index (χ4n) is 4.58. The van der Waals surface area contributed by atoms with Crippen LogP contribution in [0, 0.1) is 23.7 Å². The number of carbonyl (C=O) groups excluding carboxylic acids is 3. The van der Waals surface area contributed by atoms with Crippen LogP contribution in [0.4, 0.5) is 5.69 Å². The molecular formula is C19H21NO5. The highest BCUT2D eigenvalue weighted by Crippen LogP contribution is 2.57. The topological polar surface area (TPSA) is 81.7 Å². The highest BCUT2D eigenvalue weighted by Gasteiger charge is 2.64. The predicted molar refractivity (Wildman–Crippen MR) is 88.5 cm³/mol. The zero-order chi connectivity index (χ0) is 17.6. The van der Waals surface area contributed by atoms with E-state index < -0.39 is 11.9 Å². The van der Waals surface area contributed by atoms with E-state index >= 15 is 0 Å². The number of aryl methyl sites for hydroxylation is 1. The second-order valence-corrected chi connectivity index (χ2v) is 7.13. The molecule has 2 aliphatic carbocycles. The third-order valence-electron chi connectivity index (χ3n) is 5.75. The Hall–Kier alpha value is -2.37. The molecule has 5 atom stereocenters. The highest BCUT2D eigenvalue weighted by molar-refractivity contribution is 5.93. The van der Waals surface area contributed by atoms with E-state index in [9.17, 15) is 14.4 Å². The first-order valence-corrected chi connectivity index (χ1v) is 8.82. The predicted octanol–water partition coefficient (Wildman–Crippen LogP) is 1.93. The van der Waals surface area contributed by atoms with E-state index in [0.717, 1.165) is 19.3 Å². The number of ether oxygens (including phenoxy) is 2. The molecule has 2 bridgehead atoms. The number of amides is 1. The van der Waals surface area contributed by atoms with Crippen LogP contribution in [0.3, 0.4) is 0 Å². The molecule has 6 heteroatoms. The van der Waals surface area contributed by atoms with Crippen molar-refractivity contribution in [2.24, 2.45) is 23.7 Å². The lowest BCUT2D eigenvalue weighted by atomic mass is 9.80. The third-order valence-corrected chi connectivity index (χ3v) is 5.75. The van der Waals surface area contributed by atoms with Gasteiger partial charge in [0.15, 0.2) is 6.61 Å². The van der Waals surface area contributed by atoms with Crippen molar-refractivity contribution >= 4 is 23.5 Å². The fraction of sp³-hybridized carbons (Fsp3) is 0.526. The first-order valence-electron chi connectivity index (χ1n) is 8.82. The maximum absolute atomic E-state index is 12.4. The summed E-state index contributed by atoms with van der Waals surface area (Å²) in [6.07, 6.45) is 2.50. The summed E-state index contributed by atoms with van der Waals surface area (Å²) < 4.78 is 10.5. The number of benzene rings is 1.